The predicted molar refractivity (Wildman–Crippen MR) is 162 cm³/mol. The number of rotatable bonds is 7. The van der Waals surface area contributed by atoms with E-state index in [0.717, 1.165) is 55.1 Å². The van der Waals surface area contributed by atoms with Crippen molar-refractivity contribution in [2.45, 2.75) is 51.6 Å². The number of hydrogen-bond donors (Lipinski definition) is 1. The number of halogens is 2. The van der Waals surface area contributed by atoms with Crippen LogP contribution in [-0.2, 0) is 24.3 Å². The van der Waals surface area contributed by atoms with Gasteiger partial charge in [-0.2, -0.15) is 0 Å². The molecule has 5 rings (SSSR count). The lowest BCUT2D eigenvalue weighted by Gasteiger charge is -2.24. The van der Waals surface area contributed by atoms with E-state index in [1.165, 1.54) is 29.8 Å². The van der Waals surface area contributed by atoms with Crippen molar-refractivity contribution >= 4 is 35.1 Å². The van der Waals surface area contributed by atoms with Gasteiger partial charge in [0.05, 0.1) is 16.7 Å². The maximum Gasteiger partial charge on any atom is 0.323 e. The number of carbonyl (C=O) groups excluding carboxylic acids is 1. The highest BCUT2D eigenvalue weighted by Crippen LogP contribution is 2.31. The van der Waals surface area contributed by atoms with Gasteiger partial charge in [0, 0.05) is 31.6 Å². The molecule has 0 aromatic heterocycles. The van der Waals surface area contributed by atoms with Gasteiger partial charge in [0.2, 0.25) is 0 Å². The monoisotopic (exact) mass is 594 g/mol. The van der Waals surface area contributed by atoms with E-state index < -0.39 is 18.4 Å². The van der Waals surface area contributed by atoms with Gasteiger partial charge in [-0.25, -0.2) is 0 Å². The van der Waals surface area contributed by atoms with E-state index in [9.17, 15) is 14.7 Å². The second kappa shape index (κ2) is 13.7. The summed E-state index contributed by atoms with van der Waals surface area (Å²) in [6, 6.07) is 19.2. The number of aliphatic carboxylic acids is 1. The molecule has 1 N–H and O–H groups in total. The molecule has 1 fully saturated rings. The molecule has 1 saturated carbocycles. The Kier molecular flexibility index (Phi) is 9.86. The maximum absolute atomic E-state index is 13.7. The minimum Gasteiger partial charge on any atom is -0.493 e. The van der Waals surface area contributed by atoms with Crippen molar-refractivity contribution < 1.29 is 19.4 Å². The zero-order valence-corrected chi connectivity index (χ0v) is 24.7. The fourth-order valence-corrected chi connectivity index (χ4v) is 5.81. The fraction of sp³-hybridized carbons (Fsp3) is 0.394. The number of fused-ring (bicyclic) bond motifs is 3. The van der Waals surface area contributed by atoms with Crippen LogP contribution in [0.2, 0.25) is 10.0 Å². The highest BCUT2D eigenvalue weighted by Gasteiger charge is 2.25. The number of benzene rings is 3. The maximum atomic E-state index is 13.7. The van der Waals surface area contributed by atoms with E-state index in [1.54, 1.807) is 24.3 Å². The molecule has 1 heterocycles. The minimum atomic E-state index is -1.11. The molecule has 1 aliphatic heterocycles. The lowest BCUT2D eigenvalue weighted by molar-refractivity contribution is -0.137. The zero-order chi connectivity index (χ0) is 28.8. The topological polar surface area (TPSA) is 70.1 Å². The number of nitrogens with zero attached hydrogens (tertiary/aromatic N) is 2. The van der Waals surface area contributed by atoms with Gasteiger partial charge in [-0.05, 0) is 91.1 Å². The standard InChI is InChI=1S/C33H36Cl2N2O4/c34-29-9-5-8-27(32(29)35)21-37(22-31(38)39)33(40)26-12-13-30-28(18-26)17-24-6-4-7-25(16-24)20-36(19-23-10-11-23)14-2-1-3-15-41-30/h4-9,12-13,16,18,23H,1-3,10-11,14-15,17,19-22H2,(H,38,39). The number of carboxylic acid groups (broad SMARTS) is 1. The first kappa shape index (κ1) is 29.4. The molecule has 0 atom stereocenters. The SMILES string of the molecule is O=C(O)CN(Cc1cccc(Cl)c1Cl)C(=O)c1ccc2c(c1)Cc1cccc(c1)CN(CC1CC1)CCCCCO2. The van der Waals surface area contributed by atoms with Crippen molar-refractivity contribution in [1.29, 1.82) is 0 Å². The summed E-state index contributed by atoms with van der Waals surface area (Å²) in [4.78, 5) is 29.2. The van der Waals surface area contributed by atoms with Gasteiger partial charge >= 0.3 is 5.97 Å². The molecule has 41 heavy (non-hydrogen) atoms. The first-order valence-corrected chi connectivity index (χ1v) is 15.1. The number of carboxylic acids is 1. The summed E-state index contributed by atoms with van der Waals surface area (Å²) >= 11 is 12.5. The number of ether oxygens (including phenoxy) is 1. The third-order valence-corrected chi connectivity index (χ3v) is 8.55. The highest BCUT2D eigenvalue weighted by molar-refractivity contribution is 6.42. The molecular formula is C33H36Cl2N2O4. The number of hydrogen-bond acceptors (Lipinski definition) is 4. The van der Waals surface area contributed by atoms with Crippen LogP contribution >= 0.6 is 23.2 Å². The van der Waals surface area contributed by atoms with E-state index in [2.05, 4.69) is 29.2 Å². The van der Waals surface area contributed by atoms with Crippen LogP contribution in [0.25, 0.3) is 0 Å². The van der Waals surface area contributed by atoms with E-state index in [1.807, 2.05) is 12.1 Å². The molecule has 3 aromatic rings. The van der Waals surface area contributed by atoms with E-state index >= 15 is 0 Å². The van der Waals surface area contributed by atoms with Crippen LogP contribution < -0.4 is 4.74 Å². The van der Waals surface area contributed by atoms with Gasteiger partial charge in [0.1, 0.15) is 12.3 Å². The van der Waals surface area contributed by atoms with Crippen molar-refractivity contribution in [3.05, 3.63) is 98.5 Å². The molecule has 1 aliphatic carbocycles. The first-order chi connectivity index (χ1) is 19.9. The highest BCUT2D eigenvalue weighted by atomic mass is 35.5. The average molecular weight is 596 g/mol. The Morgan fingerprint density at radius 3 is 2.59 bits per heavy atom. The summed E-state index contributed by atoms with van der Waals surface area (Å²) in [6.45, 7) is 3.40. The van der Waals surface area contributed by atoms with Crippen LogP contribution in [-0.4, -0.2) is 53.0 Å². The van der Waals surface area contributed by atoms with Crippen molar-refractivity contribution in [1.82, 2.24) is 9.80 Å². The van der Waals surface area contributed by atoms with Gasteiger partial charge in [-0.15, -0.1) is 0 Å². The van der Waals surface area contributed by atoms with Crippen LogP contribution in [0.4, 0.5) is 0 Å². The van der Waals surface area contributed by atoms with E-state index in [-0.39, 0.29) is 6.54 Å². The van der Waals surface area contributed by atoms with Gasteiger partial charge in [0.25, 0.3) is 5.91 Å². The summed E-state index contributed by atoms with van der Waals surface area (Å²) < 4.78 is 6.23. The second-order valence-corrected chi connectivity index (χ2v) is 12.0. The molecule has 2 aliphatic rings. The van der Waals surface area contributed by atoms with Crippen molar-refractivity contribution in [3.63, 3.8) is 0 Å². The van der Waals surface area contributed by atoms with Gasteiger partial charge in [0.15, 0.2) is 0 Å². The summed E-state index contributed by atoms with van der Waals surface area (Å²) in [5, 5.41) is 10.2. The van der Waals surface area contributed by atoms with Crippen LogP contribution in [0, 0.1) is 5.92 Å². The Morgan fingerprint density at radius 2 is 1.78 bits per heavy atom. The quantitative estimate of drug-likeness (QED) is 0.316. The van der Waals surface area contributed by atoms with Crippen molar-refractivity contribution in [2.75, 3.05) is 26.2 Å². The normalized spacial score (nSPS) is 16.2. The smallest absolute Gasteiger partial charge is 0.323 e. The van der Waals surface area contributed by atoms with Crippen molar-refractivity contribution in [2.24, 2.45) is 5.92 Å². The van der Waals surface area contributed by atoms with Crippen LogP contribution in [0.1, 0.15) is 64.7 Å². The second-order valence-electron chi connectivity index (χ2n) is 11.2. The number of carbonyl (C=O) groups is 2. The Bertz CT molecular complexity index is 1390. The molecule has 2 bridgehead atoms. The molecule has 6 nitrogen and oxygen atoms in total. The Labute approximate surface area is 251 Å². The summed E-state index contributed by atoms with van der Waals surface area (Å²) in [7, 11) is 0. The molecule has 0 saturated heterocycles. The molecule has 8 heteroatoms. The third kappa shape index (κ3) is 8.25. The van der Waals surface area contributed by atoms with Gasteiger partial charge < -0.3 is 14.7 Å². The molecule has 0 spiro atoms. The summed E-state index contributed by atoms with van der Waals surface area (Å²) in [5.74, 6) is 0.0987. The van der Waals surface area contributed by atoms with E-state index in [0.29, 0.717) is 34.2 Å². The Balaban J connectivity index is 1.41. The Morgan fingerprint density at radius 1 is 0.976 bits per heavy atom. The summed E-state index contributed by atoms with van der Waals surface area (Å²) in [6.07, 6.45) is 6.51. The van der Waals surface area contributed by atoms with Crippen LogP contribution in [0.15, 0.2) is 60.7 Å². The first-order valence-electron chi connectivity index (χ1n) is 14.4. The molecule has 3 aromatic carbocycles. The van der Waals surface area contributed by atoms with Crippen LogP contribution in [0.3, 0.4) is 0 Å². The zero-order valence-electron chi connectivity index (χ0n) is 23.2. The average Bonchev–Trinajstić information content (AvgIpc) is 3.76. The summed E-state index contributed by atoms with van der Waals surface area (Å²) in [5.41, 5.74) is 4.33. The third-order valence-electron chi connectivity index (χ3n) is 7.70. The lowest BCUT2D eigenvalue weighted by Crippen LogP contribution is -2.35. The largest absolute Gasteiger partial charge is 0.493 e. The van der Waals surface area contributed by atoms with Gasteiger partial charge in [-0.1, -0.05) is 59.6 Å². The molecule has 0 unspecified atom stereocenters. The van der Waals surface area contributed by atoms with Gasteiger partial charge in [-0.3, -0.25) is 14.5 Å². The molecular weight excluding hydrogens is 559 g/mol. The molecule has 1 amide bonds. The Hall–Kier alpha value is -3.06. The van der Waals surface area contributed by atoms with Crippen molar-refractivity contribution in [3.8, 4) is 5.75 Å². The molecule has 216 valence electrons. The predicted octanol–water partition coefficient (Wildman–Crippen LogP) is 7.09. The van der Waals surface area contributed by atoms with Crippen LogP contribution in [0.5, 0.6) is 5.75 Å². The minimum absolute atomic E-state index is 0.0253. The number of amides is 1. The fourth-order valence-electron chi connectivity index (χ4n) is 5.43. The lowest BCUT2D eigenvalue weighted by atomic mass is 9.99. The van der Waals surface area contributed by atoms with E-state index in [4.69, 9.17) is 27.9 Å². The molecule has 0 radical (unpaired) electrons.